The standard InChI is InChI=1S/C20H28N4O2S/c1-26-15-17-14-19(25)22-20(21-17)16-4-6-18(7-5-16)24-11-9-23(10-12-24)8-3-13-27-2/h4-7,14H,3,8-13,15H2,1-2H3,(H,21,22,25). The predicted octanol–water partition coefficient (Wildman–Crippen LogP) is 2.46. The summed E-state index contributed by atoms with van der Waals surface area (Å²) in [6.07, 6.45) is 3.43. The average Bonchev–Trinajstić information content (AvgIpc) is 2.69. The van der Waals surface area contributed by atoms with Crippen LogP contribution in [0.3, 0.4) is 0 Å². The number of H-pyrrole nitrogens is 1. The van der Waals surface area contributed by atoms with Crippen molar-refractivity contribution in [2.75, 3.05) is 56.7 Å². The van der Waals surface area contributed by atoms with Crippen LogP contribution in [-0.4, -0.2) is 66.7 Å². The quantitative estimate of drug-likeness (QED) is 0.701. The number of nitrogens with one attached hydrogen (secondary N) is 1. The van der Waals surface area contributed by atoms with Gasteiger partial charge >= 0.3 is 0 Å². The molecule has 0 bridgehead atoms. The summed E-state index contributed by atoms with van der Waals surface area (Å²) in [5.41, 5.74) is 2.61. The van der Waals surface area contributed by atoms with Crippen molar-refractivity contribution in [2.24, 2.45) is 0 Å². The molecule has 1 aromatic carbocycles. The normalized spacial score (nSPS) is 15.3. The monoisotopic (exact) mass is 388 g/mol. The number of piperazine rings is 1. The van der Waals surface area contributed by atoms with Crippen molar-refractivity contribution >= 4 is 17.4 Å². The highest BCUT2D eigenvalue weighted by molar-refractivity contribution is 7.98. The first kappa shape index (κ1) is 19.9. The Morgan fingerprint density at radius 3 is 2.59 bits per heavy atom. The minimum atomic E-state index is -0.159. The van der Waals surface area contributed by atoms with Crippen LogP contribution in [0.2, 0.25) is 0 Å². The minimum Gasteiger partial charge on any atom is -0.378 e. The van der Waals surface area contributed by atoms with Crippen molar-refractivity contribution in [2.45, 2.75) is 13.0 Å². The van der Waals surface area contributed by atoms with Crippen LogP contribution in [0.4, 0.5) is 5.69 Å². The van der Waals surface area contributed by atoms with E-state index >= 15 is 0 Å². The van der Waals surface area contributed by atoms with E-state index in [1.807, 2.05) is 23.9 Å². The zero-order chi connectivity index (χ0) is 19.1. The summed E-state index contributed by atoms with van der Waals surface area (Å²) in [4.78, 5) is 24.1. The van der Waals surface area contributed by atoms with E-state index in [0.717, 1.165) is 31.7 Å². The van der Waals surface area contributed by atoms with Crippen LogP contribution in [0.25, 0.3) is 11.4 Å². The predicted molar refractivity (Wildman–Crippen MR) is 113 cm³/mol. The van der Waals surface area contributed by atoms with Gasteiger partial charge in [0.25, 0.3) is 5.56 Å². The van der Waals surface area contributed by atoms with E-state index in [4.69, 9.17) is 4.74 Å². The lowest BCUT2D eigenvalue weighted by atomic mass is 10.1. The molecule has 7 heteroatoms. The van der Waals surface area contributed by atoms with Crippen molar-refractivity contribution in [1.29, 1.82) is 0 Å². The van der Waals surface area contributed by atoms with E-state index in [9.17, 15) is 4.79 Å². The number of anilines is 1. The second-order valence-corrected chi connectivity index (χ2v) is 7.73. The molecule has 1 saturated heterocycles. The van der Waals surface area contributed by atoms with Crippen LogP contribution < -0.4 is 10.5 Å². The van der Waals surface area contributed by atoms with Crippen molar-refractivity contribution in [1.82, 2.24) is 14.9 Å². The Kier molecular flexibility index (Phi) is 7.32. The number of rotatable bonds is 8. The molecule has 2 aromatic rings. The summed E-state index contributed by atoms with van der Waals surface area (Å²) in [6, 6.07) is 9.74. The Balaban J connectivity index is 1.62. The Morgan fingerprint density at radius 1 is 1.19 bits per heavy atom. The molecule has 1 fully saturated rings. The fourth-order valence-electron chi connectivity index (χ4n) is 3.36. The lowest BCUT2D eigenvalue weighted by molar-refractivity contribution is 0.181. The summed E-state index contributed by atoms with van der Waals surface area (Å²) in [5.74, 6) is 1.82. The Bertz CT molecular complexity index is 770. The van der Waals surface area contributed by atoms with Gasteiger partial charge in [0.1, 0.15) is 5.82 Å². The summed E-state index contributed by atoms with van der Waals surface area (Å²) >= 11 is 1.92. The van der Waals surface area contributed by atoms with E-state index < -0.39 is 0 Å². The molecule has 0 atom stereocenters. The number of hydrogen-bond donors (Lipinski definition) is 1. The fraction of sp³-hybridized carbons (Fsp3) is 0.500. The van der Waals surface area contributed by atoms with Gasteiger partial charge in [-0.2, -0.15) is 11.8 Å². The highest BCUT2D eigenvalue weighted by Gasteiger charge is 2.17. The van der Waals surface area contributed by atoms with E-state index in [1.165, 1.54) is 30.5 Å². The van der Waals surface area contributed by atoms with E-state index in [-0.39, 0.29) is 5.56 Å². The molecule has 0 amide bonds. The van der Waals surface area contributed by atoms with Gasteiger partial charge in [0.05, 0.1) is 12.3 Å². The molecule has 0 radical (unpaired) electrons. The van der Waals surface area contributed by atoms with E-state index in [2.05, 4.69) is 38.2 Å². The van der Waals surface area contributed by atoms with Crippen molar-refractivity contribution in [3.05, 3.63) is 46.4 Å². The van der Waals surface area contributed by atoms with E-state index in [0.29, 0.717) is 18.1 Å². The lowest BCUT2D eigenvalue weighted by Gasteiger charge is -2.36. The number of benzene rings is 1. The molecule has 0 spiro atoms. The van der Waals surface area contributed by atoms with Crippen LogP contribution >= 0.6 is 11.8 Å². The van der Waals surface area contributed by atoms with Gasteiger partial charge < -0.3 is 14.6 Å². The highest BCUT2D eigenvalue weighted by Crippen LogP contribution is 2.21. The van der Waals surface area contributed by atoms with Crippen molar-refractivity contribution < 1.29 is 4.74 Å². The molecule has 1 aliphatic heterocycles. The molecule has 1 aromatic heterocycles. The van der Waals surface area contributed by atoms with Gasteiger partial charge in [0, 0.05) is 50.6 Å². The van der Waals surface area contributed by atoms with Crippen molar-refractivity contribution in [3.63, 3.8) is 0 Å². The maximum absolute atomic E-state index is 11.8. The maximum atomic E-state index is 11.8. The van der Waals surface area contributed by atoms with Crippen LogP contribution in [0.1, 0.15) is 12.1 Å². The minimum absolute atomic E-state index is 0.159. The van der Waals surface area contributed by atoms with E-state index in [1.54, 1.807) is 7.11 Å². The van der Waals surface area contributed by atoms with Gasteiger partial charge in [-0.25, -0.2) is 4.98 Å². The van der Waals surface area contributed by atoms with Gasteiger partial charge in [-0.1, -0.05) is 0 Å². The Hall–Kier alpha value is -1.83. The molecule has 2 heterocycles. The number of aromatic amines is 1. The first-order valence-electron chi connectivity index (χ1n) is 9.35. The van der Waals surface area contributed by atoms with Crippen LogP contribution in [0.15, 0.2) is 35.1 Å². The van der Waals surface area contributed by atoms with Gasteiger partial charge in [-0.3, -0.25) is 9.69 Å². The van der Waals surface area contributed by atoms with Crippen LogP contribution in [0, 0.1) is 0 Å². The number of ether oxygens (including phenoxy) is 1. The Morgan fingerprint density at radius 2 is 1.93 bits per heavy atom. The topological polar surface area (TPSA) is 61.5 Å². The third-order valence-corrected chi connectivity index (χ3v) is 5.48. The SMILES string of the molecule is COCc1cc(=O)[nH]c(-c2ccc(N3CCN(CCCSC)CC3)cc2)n1. The Labute approximate surface area is 164 Å². The summed E-state index contributed by atoms with van der Waals surface area (Å²) in [6.45, 7) is 5.86. The molecule has 146 valence electrons. The third kappa shape index (κ3) is 5.57. The summed E-state index contributed by atoms with van der Waals surface area (Å²) in [7, 11) is 1.60. The number of aromatic nitrogens is 2. The summed E-state index contributed by atoms with van der Waals surface area (Å²) in [5, 5.41) is 0. The highest BCUT2D eigenvalue weighted by atomic mass is 32.2. The second-order valence-electron chi connectivity index (χ2n) is 6.74. The maximum Gasteiger partial charge on any atom is 0.251 e. The van der Waals surface area contributed by atoms with Gasteiger partial charge in [0.15, 0.2) is 0 Å². The van der Waals surface area contributed by atoms with Gasteiger partial charge in [-0.15, -0.1) is 0 Å². The second kappa shape index (κ2) is 9.92. The van der Waals surface area contributed by atoms with Crippen LogP contribution in [-0.2, 0) is 11.3 Å². The smallest absolute Gasteiger partial charge is 0.251 e. The first-order valence-corrected chi connectivity index (χ1v) is 10.7. The number of hydrogen-bond acceptors (Lipinski definition) is 6. The number of thioether (sulfide) groups is 1. The lowest BCUT2D eigenvalue weighted by Crippen LogP contribution is -2.46. The third-order valence-electron chi connectivity index (χ3n) is 4.79. The zero-order valence-electron chi connectivity index (χ0n) is 16.1. The molecule has 1 aliphatic rings. The molecule has 27 heavy (non-hydrogen) atoms. The van der Waals surface area contributed by atoms with Crippen LogP contribution in [0.5, 0.6) is 0 Å². The number of nitrogens with zero attached hydrogens (tertiary/aromatic N) is 3. The zero-order valence-corrected chi connectivity index (χ0v) is 16.9. The molecule has 0 aliphatic carbocycles. The van der Waals surface area contributed by atoms with Gasteiger partial charge in [0.2, 0.25) is 0 Å². The fourth-order valence-corrected chi connectivity index (χ4v) is 3.78. The molecule has 1 N–H and O–H groups in total. The van der Waals surface area contributed by atoms with Crippen molar-refractivity contribution in [3.8, 4) is 11.4 Å². The molecule has 6 nitrogen and oxygen atoms in total. The van der Waals surface area contributed by atoms with Gasteiger partial charge in [-0.05, 0) is 49.2 Å². The molecule has 0 saturated carbocycles. The first-order chi connectivity index (χ1) is 13.2. The number of methoxy groups -OCH3 is 1. The average molecular weight is 389 g/mol. The molecular weight excluding hydrogens is 360 g/mol. The molecule has 3 rings (SSSR count). The molecule has 0 unspecified atom stereocenters. The molecular formula is C20H28N4O2S. The summed E-state index contributed by atoms with van der Waals surface area (Å²) < 4.78 is 5.08. The largest absolute Gasteiger partial charge is 0.378 e.